The van der Waals surface area contributed by atoms with Crippen molar-refractivity contribution in [2.45, 2.75) is 13.5 Å². The highest BCUT2D eigenvalue weighted by molar-refractivity contribution is 7.18. The quantitative estimate of drug-likeness (QED) is 0.619. The summed E-state index contributed by atoms with van der Waals surface area (Å²) in [6.07, 6.45) is 4.39. The van der Waals surface area contributed by atoms with Crippen LogP contribution in [0.25, 0.3) is 22.4 Å². The smallest absolute Gasteiger partial charge is 0.182 e. The van der Waals surface area contributed by atoms with E-state index < -0.39 is 0 Å². The van der Waals surface area contributed by atoms with Crippen molar-refractivity contribution >= 4 is 33.7 Å². The minimum atomic E-state index is 0.998. The first-order valence-electron chi connectivity index (χ1n) is 6.53. The van der Waals surface area contributed by atoms with E-state index in [1.54, 1.807) is 0 Å². The molecule has 94 valence electrons. The maximum Gasteiger partial charge on any atom is 0.262 e. The van der Waals surface area contributed by atoms with E-state index in [-0.39, 0.29) is 0 Å². The van der Waals surface area contributed by atoms with Crippen LogP contribution in [0.4, 0.5) is 0 Å². The van der Waals surface area contributed by atoms with Gasteiger partial charge in [0.25, 0.3) is 5.01 Å². The molecule has 0 saturated heterocycles. The first-order chi connectivity index (χ1) is 9.38. The molecule has 0 amide bonds. The second-order valence-corrected chi connectivity index (χ2v) is 5.46. The molecule has 2 heteroatoms. The molecule has 0 unspecified atom stereocenters. The molecule has 2 aromatic carbocycles. The molecular formula is C17H16NS+. The highest BCUT2D eigenvalue weighted by Gasteiger charge is 2.15. The number of aryl methyl sites for hydroxylation is 1. The minimum absolute atomic E-state index is 0.998. The first kappa shape index (κ1) is 12.1. The molecule has 1 heterocycles. The summed E-state index contributed by atoms with van der Waals surface area (Å²) in [6, 6.07) is 19.0. The Labute approximate surface area is 117 Å². The van der Waals surface area contributed by atoms with E-state index in [0.717, 1.165) is 6.54 Å². The van der Waals surface area contributed by atoms with Gasteiger partial charge in [-0.1, -0.05) is 53.8 Å². The van der Waals surface area contributed by atoms with Gasteiger partial charge in [0.15, 0.2) is 0 Å². The van der Waals surface area contributed by atoms with Gasteiger partial charge in [-0.05, 0) is 24.6 Å². The number of fused-ring (bicyclic) bond motifs is 1. The van der Waals surface area contributed by atoms with Gasteiger partial charge in [-0.2, -0.15) is 4.57 Å². The zero-order valence-corrected chi connectivity index (χ0v) is 11.7. The fourth-order valence-corrected chi connectivity index (χ4v) is 3.36. The second-order valence-electron chi connectivity index (χ2n) is 4.40. The zero-order chi connectivity index (χ0) is 13.1. The average molecular weight is 266 g/mol. The normalized spacial score (nSPS) is 11.4. The Morgan fingerprint density at radius 1 is 0.947 bits per heavy atom. The molecule has 19 heavy (non-hydrogen) atoms. The van der Waals surface area contributed by atoms with Crippen LogP contribution in [0.3, 0.4) is 0 Å². The molecule has 3 rings (SSSR count). The van der Waals surface area contributed by atoms with Crippen LogP contribution < -0.4 is 4.57 Å². The molecule has 0 aliphatic rings. The molecule has 0 aliphatic heterocycles. The summed E-state index contributed by atoms with van der Waals surface area (Å²) >= 11 is 1.84. The molecule has 0 fully saturated rings. The fourth-order valence-electron chi connectivity index (χ4n) is 2.23. The molecule has 0 aliphatic carbocycles. The number of benzene rings is 2. The van der Waals surface area contributed by atoms with Crippen molar-refractivity contribution in [1.82, 2.24) is 0 Å². The number of rotatable bonds is 3. The molecule has 0 atom stereocenters. The topological polar surface area (TPSA) is 3.88 Å². The highest BCUT2D eigenvalue weighted by Crippen LogP contribution is 2.21. The Balaban J connectivity index is 2.03. The number of thiazole rings is 1. The minimum Gasteiger partial charge on any atom is -0.182 e. The van der Waals surface area contributed by atoms with Gasteiger partial charge < -0.3 is 0 Å². The summed E-state index contributed by atoms with van der Waals surface area (Å²) < 4.78 is 3.71. The highest BCUT2D eigenvalue weighted by atomic mass is 32.1. The van der Waals surface area contributed by atoms with Gasteiger partial charge in [0, 0.05) is 12.1 Å². The standard InChI is InChI=1S/C17H16NS/c1-2-18-15-10-6-7-11-16(15)19-17(18)13-12-14-8-4-3-5-9-14/h3-13H,2H2,1H3/q+1. The summed E-state index contributed by atoms with van der Waals surface area (Å²) in [4.78, 5) is 0. The van der Waals surface area contributed by atoms with Gasteiger partial charge in [-0.3, -0.25) is 0 Å². The van der Waals surface area contributed by atoms with E-state index >= 15 is 0 Å². The Morgan fingerprint density at radius 3 is 2.47 bits per heavy atom. The molecule has 0 saturated carbocycles. The monoisotopic (exact) mass is 266 g/mol. The van der Waals surface area contributed by atoms with Crippen LogP contribution >= 0.6 is 11.3 Å². The molecule has 0 bridgehead atoms. The van der Waals surface area contributed by atoms with E-state index in [2.05, 4.69) is 72.2 Å². The van der Waals surface area contributed by atoms with Crippen molar-refractivity contribution in [3.8, 4) is 0 Å². The van der Waals surface area contributed by atoms with Crippen LogP contribution in [0.15, 0.2) is 54.6 Å². The van der Waals surface area contributed by atoms with Gasteiger partial charge in [0.05, 0.1) is 0 Å². The summed E-state index contributed by atoms with van der Waals surface area (Å²) in [6.45, 7) is 3.19. The summed E-state index contributed by atoms with van der Waals surface area (Å²) in [5, 5.41) is 1.30. The maximum absolute atomic E-state index is 2.36. The van der Waals surface area contributed by atoms with Gasteiger partial charge in [0.1, 0.15) is 11.2 Å². The molecule has 0 spiro atoms. The third-order valence-electron chi connectivity index (χ3n) is 3.17. The molecule has 0 N–H and O–H groups in total. The first-order valence-corrected chi connectivity index (χ1v) is 7.34. The largest absolute Gasteiger partial charge is 0.262 e. The lowest BCUT2D eigenvalue weighted by atomic mass is 10.2. The number of para-hydroxylation sites is 1. The average Bonchev–Trinajstić information content (AvgIpc) is 2.83. The SMILES string of the molecule is CC[n+]1c(C=Cc2ccccc2)sc2ccccc21. The van der Waals surface area contributed by atoms with Crippen molar-refractivity contribution in [3.63, 3.8) is 0 Å². The van der Waals surface area contributed by atoms with E-state index in [9.17, 15) is 0 Å². The third-order valence-corrected chi connectivity index (χ3v) is 4.30. The molecule has 1 aromatic heterocycles. The van der Waals surface area contributed by atoms with Gasteiger partial charge in [-0.25, -0.2) is 0 Å². The lowest BCUT2D eigenvalue weighted by molar-refractivity contribution is -0.665. The number of nitrogens with zero attached hydrogens (tertiary/aromatic N) is 1. The van der Waals surface area contributed by atoms with Gasteiger partial charge in [0.2, 0.25) is 5.52 Å². The van der Waals surface area contributed by atoms with Crippen LogP contribution in [0.5, 0.6) is 0 Å². The molecule has 0 radical (unpaired) electrons. The fraction of sp³-hybridized carbons (Fsp3) is 0.118. The van der Waals surface area contributed by atoms with Crippen molar-refractivity contribution in [1.29, 1.82) is 0 Å². The van der Waals surface area contributed by atoms with Crippen LogP contribution in [0, 0.1) is 0 Å². The van der Waals surface area contributed by atoms with Crippen molar-refractivity contribution in [2.24, 2.45) is 0 Å². The Kier molecular flexibility index (Phi) is 3.43. The Bertz CT molecular complexity index is 710. The predicted octanol–water partition coefficient (Wildman–Crippen LogP) is 4.38. The zero-order valence-electron chi connectivity index (χ0n) is 10.9. The van der Waals surface area contributed by atoms with Crippen LogP contribution in [-0.4, -0.2) is 0 Å². The van der Waals surface area contributed by atoms with E-state index in [0.29, 0.717) is 0 Å². The van der Waals surface area contributed by atoms with Crippen LogP contribution in [-0.2, 0) is 6.54 Å². The molecule has 3 aromatic rings. The number of hydrogen-bond acceptors (Lipinski definition) is 1. The van der Waals surface area contributed by atoms with Gasteiger partial charge >= 0.3 is 0 Å². The Hall–Kier alpha value is -1.93. The summed E-state index contributed by atoms with van der Waals surface area (Å²) in [7, 11) is 0. The lowest BCUT2D eigenvalue weighted by Gasteiger charge is -1.92. The van der Waals surface area contributed by atoms with Crippen molar-refractivity contribution < 1.29 is 4.57 Å². The summed E-state index contributed by atoms with van der Waals surface area (Å²) in [5.41, 5.74) is 2.56. The number of aromatic nitrogens is 1. The van der Waals surface area contributed by atoms with E-state index in [1.165, 1.54) is 20.8 Å². The predicted molar refractivity (Wildman–Crippen MR) is 83.1 cm³/mol. The van der Waals surface area contributed by atoms with E-state index in [4.69, 9.17) is 0 Å². The molecular weight excluding hydrogens is 250 g/mol. The Morgan fingerprint density at radius 2 is 1.68 bits per heavy atom. The van der Waals surface area contributed by atoms with Crippen molar-refractivity contribution in [2.75, 3.05) is 0 Å². The number of hydrogen-bond donors (Lipinski definition) is 0. The molecule has 1 nitrogen and oxygen atoms in total. The maximum atomic E-state index is 2.36. The lowest BCUT2D eigenvalue weighted by Crippen LogP contribution is -2.33. The van der Waals surface area contributed by atoms with Crippen LogP contribution in [0.2, 0.25) is 0 Å². The summed E-state index contributed by atoms with van der Waals surface area (Å²) in [5.74, 6) is 0. The third kappa shape index (κ3) is 2.45. The second kappa shape index (κ2) is 5.37. The van der Waals surface area contributed by atoms with Gasteiger partial charge in [-0.15, -0.1) is 0 Å². The van der Waals surface area contributed by atoms with Crippen LogP contribution in [0.1, 0.15) is 17.5 Å². The van der Waals surface area contributed by atoms with Crippen molar-refractivity contribution in [3.05, 3.63) is 65.2 Å². The van der Waals surface area contributed by atoms with E-state index in [1.807, 2.05) is 17.4 Å².